The summed E-state index contributed by atoms with van der Waals surface area (Å²) in [5.41, 5.74) is 3.06. The van der Waals surface area contributed by atoms with Crippen molar-refractivity contribution in [2.24, 2.45) is 0 Å². The van der Waals surface area contributed by atoms with E-state index in [1.165, 1.54) is 12.0 Å². The molecule has 0 unspecified atom stereocenters. The maximum absolute atomic E-state index is 3.33. The highest BCUT2D eigenvalue weighted by Crippen LogP contribution is 2.13. The minimum absolute atomic E-state index is 1.06. The Morgan fingerprint density at radius 3 is 2.50 bits per heavy atom. The average molecular weight is 167 g/mol. The van der Waals surface area contributed by atoms with Gasteiger partial charge in [-0.2, -0.15) is 0 Å². The third-order valence-corrected chi connectivity index (χ3v) is 1.90. The number of hydrogen-bond donors (Lipinski definition) is 1. The molecule has 1 rings (SSSR count). The van der Waals surface area contributed by atoms with Gasteiger partial charge in [0.2, 0.25) is 0 Å². The van der Waals surface area contributed by atoms with Gasteiger partial charge in [-0.05, 0) is 18.9 Å². The number of rotatable bonds is 2. The highest BCUT2D eigenvalue weighted by atomic mass is 14.9. The summed E-state index contributed by atoms with van der Waals surface area (Å²) in [6.07, 6.45) is 5.50. The van der Waals surface area contributed by atoms with Crippen LogP contribution in [-0.4, -0.2) is 13.1 Å². The summed E-state index contributed by atoms with van der Waals surface area (Å²) in [6.45, 7) is 10.4. The summed E-state index contributed by atoms with van der Waals surface area (Å²) in [7, 11) is 0. The van der Waals surface area contributed by atoms with E-state index in [-0.39, 0.29) is 0 Å². The molecule has 0 bridgehead atoms. The highest BCUT2D eigenvalue weighted by molar-refractivity contribution is 5.31. The molecule has 0 aromatic heterocycles. The van der Waals surface area contributed by atoms with Crippen molar-refractivity contribution < 1.29 is 0 Å². The monoisotopic (exact) mass is 167 g/mol. The molecular weight excluding hydrogens is 146 g/mol. The van der Waals surface area contributed by atoms with Gasteiger partial charge in [-0.15, -0.1) is 0 Å². The topological polar surface area (TPSA) is 12.0 Å². The van der Waals surface area contributed by atoms with E-state index in [4.69, 9.17) is 0 Å². The molecule has 0 atom stereocenters. The van der Waals surface area contributed by atoms with Crippen molar-refractivity contribution >= 4 is 0 Å². The van der Waals surface area contributed by atoms with Crippen molar-refractivity contribution in [1.29, 1.82) is 0 Å². The zero-order valence-electron chi connectivity index (χ0n) is 8.78. The second-order valence-corrected chi connectivity index (χ2v) is 2.59. The van der Waals surface area contributed by atoms with E-state index >= 15 is 0 Å². The summed E-state index contributed by atoms with van der Waals surface area (Å²) in [5, 5.41) is 3.33. The molecule has 0 aromatic carbocycles. The lowest BCUT2D eigenvalue weighted by Crippen LogP contribution is -2.08. The van der Waals surface area contributed by atoms with Crippen LogP contribution in [0.5, 0.6) is 0 Å². The van der Waals surface area contributed by atoms with Crippen molar-refractivity contribution in [3.8, 4) is 0 Å². The Balaban J connectivity index is 0.000000561. The van der Waals surface area contributed by atoms with Crippen LogP contribution in [0.15, 0.2) is 23.3 Å². The first-order valence-corrected chi connectivity index (χ1v) is 4.92. The zero-order valence-corrected chi connectivity index (χ0v) is 8.78. The molecule has 0 aliphatic carbocycles. The fourth-order valence-corrected chi connectivity index (χ4v) is 1.32. The van der Waals surface area contributed by atoms with Crippen LogP contribution in [0.25, 0.3) is 0 Å². The molecule has 12 heavy (non-hydrogen) atoms. The van der Waals surface area contributed by atoms with E-state index in [1.807, 2.05) is 13.8 Å². The van der Waals surface area contributed by atoms with Gasteiger partial charge < -0.3 is 5.32 Å². The Bertz CT molecular complexity index is 166. The van der Waals surface area contributed by atoms with Crippen LogP contribution in [0.2, 0.25) is 0 Å². The third-order valence-electron chi connectivity index (χ3n) is 1.90. The molecule has 1 nitrogen and oxygen atoms in total. The summed E-state index contributed by atoms with van der Waals surface area (Å²) in [6, 6.07) is 0. The molecule has 0 amide bonds. The minimum atomic E-state index is 1.06. The maximum atomic E-state index is 3.33. The SMILES string of the molecule is C/C=C\C1=C(CC)CNC1.CC. The Labute approximate surface area is 76.6 Å². The smallest absolute Gasteiger partial charge is 0.0208 e. The van der Waals surface area contributed by atoms with E-state index in [1.54, 1.807) is 5.57 Å². The molecule has 0 spiro atoms. The van der Waals surface area contributed by atoms with E-state index in [9.17, 15) is 0 Å². The number of nitrogens with one attached hydrogen (secondary N) is 1. The summed E-state index contributed by atoms with van der Waals surface area (Å²) in [4.78, 5) is 0. The lowest BCUT2D eigenvalue weighted by Gasteiger charge is -1.95. The van der Waals surface area contributed by atoms with Crippen LogP contribution in [0, 0.1) is 0 Å². The molecule has 0 fully saturated rings. The predicted octanol–water partition coefficient (Wildman–Crippen LogP) is 2.90. The normalized spacial score (nSPS) is 16.7. The van der Waals surface area contributed by atoms with Crippen LogP contribution in [-0.2, 0) is 0 Å². The second kappa shape index (κ2) is 7.11. The largest absolute Gasteiger partial charge is 0.309 e. The van der Waals surface area contributed by atoms with Gasteiger partial charge in [0.15, 0.2) is 0 Å². The Hall–Kier alpha value is -0.560. The molecule has 1 heterocycles. The lowest BCUT2D eigenvalue weighted by atomic mass is 10.1. The van der Waals surface area contributed by atoms with Crippen LogP contribution >= 0.6 is 0 Å². The summed E-state index contributed by atoms with van der Waals surface area (Å²) in [5.74, 6) is 0. The molecule has 70 valence electrons. The highest BCUT2D eigenvalue weighted by Gasteiger charge is 2.07. The zero-order chi connectivity index (χ0) is 9.40. The van der Waals surface area contributed by atoms with Crippen molar-refractivity contribution in [2.75, 3.05) is 13.1 Å². The van der Waals surface area contributed by atoms with E-state index in [0.29, 0.717) is 0 Å². The molecule has 0 radical (unpaired) electrons. The second-order valence-electron chi connectivity index (χ2n) is 2.59. The first-order chi connectivity index (χ1) is 5.88. The van der Waals surface area contributed by atoms with Crippen molar-refractivity contribution in [3.05, 3.63) is 23.3 Å². The fourth-order valence-electron chi connectivity index (χ4n) is 1.32. The number of hydrogen-bond acceptors (Lipinski definition) is 1. The Kier molecular flexibility index (Phi) is 6.78. The summed E-state index contributed by atoms with van der Waals surface area (Å²) >= 11 is 0. The van der Waals surface area contributed by atoms with Gasteiger partial charge in [0, 0.05) is 13.1 Å². The predicted molar refractivity (Wildman–Crippen MR) is 56.3 cm³/mol. The average Bonchev–Trinajstić information content (AvgIpc) is 2.56. The lowest BCUT2D eigenvalue weighted by molar-refractivity contribution is 0.853. The number of allylic oxidation sites excluding steroid dienone is 1. The van der Waals surface area contributed by atoms with Crippen LogP contribution in [0.4, 0.5) is 0 Å². The standard InChI is InChI=1S/C9H15N.C2H6/c1-3-5-9-7-10-6-8(9)4-2;1-2/h3,5,10H,4,6-7H2,1-2H3;1-2H3/b5-3-;. The van der Waals surface area contributed by atoms with Gasteiger partial charge in [0.1, 0.15) is 0 Å². The van der Waals surface area contributed by atoms with E-state index < -0.39 is 0 Å². The quantitative estimate of drug-likeness (QED) is 0.667. The van der Waals surface area contributed by atoms with Gasteiger partial charge in [-0.25, -0.2) is 0 Å². The molecule has 1 heteroatoms. The Morgan fingerprint density at radius 2 is 2.00 bits per heavy atom. The molecule has 1 aliphatic rings. The van der Waals surface area contributed by atoms with Gasteiger partial charge in [0.25, 0.3) is 0 Å². The molecular formula is C11H21N. The third kappa shape index (κ3) is 3.22. The molecule has 1 aliphatic heterocycles. The van der Waals surface area contributed by atoms with E-state index in [0.717, 1.165) is 13.1 Å². The van der Waals surface area contributed by atoms with E-state index in [2.05, 4.69) is 31.3 Å². The summed E-state index contributed by atoms with van der Waals surface area (Å²) < 4.78 is 0. The van der Waals surface area contributed by atoms with Gasteiger partial charge in [-0.3, -0.25) is 0 Å². The minimum Gasteiger partial charge on any atom is -0.309 e. The molecule has 0 aromatic rings. The van der Waals surface area contributed by atoms with Crippen molar-refractivity contribution in [3.63, 3.8) is 0 Å². The van der Waals surface area contributed by atoms with Crippen molar-refractivity contribution in [1.82, 2.24) is 5.32 Å². The van der Waals surface area contributed by atoms with Crippen molar-refractivity contribution in [2.45, 2.75) is 34.1 Å². The van der Waals surface area contributed by atoms with Crippen LogP contribution < -0.4 is 5.32 Å². The fraction of sp³-hybridized carbons (Fsp3) is 0.636. The molecule has 1 N–H and O–H groups in total. The molecule has 0 saturated heterocycles. The molecule has 0 saturated carbocycles. The van der Waals surface area contributed by atoms with Gasteiger partial charge >= 0.3 is 0 Å². The first kappa shape index (κ1) is 11.4. The van der Waals surface area contributed by atoms with Gasteiger partial charge in [-0.1, -0.05) is 38.5 Å². The van der Waals surface area contributed by atoms with Gasteiger partial charge in [0.05, 0.1) is 0 Å². The van der Waals surface area contributed by atoms with Crippen LogP contribution in [0.3, 0.4) is 0 Å². The maximum Gasteiger partial charge on any atom is 0.0208 e. The van der Waals surface area contributed by atoms with Crippen LogP contribution in [0.1, 0.15) is 34.1 Å². The first-order valence-electron chi connectivity index (χ1n) is 4.92. The Morgan fingerprint density at radius 1 is 1.33 bits per heavy atom.